The van der Waals surface area contributed by atoms with Crippen molar-refractivity contribution in [2.24, 2.45) is 5.41 Å². The molecular formula is C16H19ClFNO3. The van der Waals surface area contributed by atoms with Gasteiger partial charge in [-0.3, -0.25) is 4.79 Å². The molecule has 2 atom stereocenters. The second kappa shape index (κ2) is 5.80. The molecule has 1 heterocycles. The van der Waals surface area contributed by atoms with Crippen LogP contribution >= 0.6 is 11.6 Å². The summed E-state index contributed by atoms with van der Waals surface area (Å²) in [5.41, 5.74) is -0.206. The Labute approximate surface area is 133 Å². The van der Waals surface area contributed by atoms with Crippen molar-refractivity contribution in [2.45, 2.75) is 31.5 Å². The maximum atomic E-state index is 13.9. The van der Waals surface area contributed by atoms with Gasteiger partial charge in [0.05, 0.1) is 17.8 Å². The molecule has 0 radical (unpaired) electrons. The fourth-order valence-corrected chi connectivity index (χ4v) is 3.83. The van der Waals surface area contributed by atoms with E-state index in [-0.39, 0.29) is 34.1 Å². The highest BCUT2D eigenvalue weighted by atomic mass is 35.5. The summed E-state index contributed by atoms with van der Waals surface area (Å²) < 4.78 is 19.3. The minimum Gasteiger partial charge on any atom is -0.392 e. The molecule has 1 aliphatic carbocycles. The fourth-order valence-electron chi connectivity index (χ4n) is 3.67. The summed E-state index contributed by atoms with van der Waals surface area (Å²) in [7, 11) is 1.65. The molecule has 1 saturated carbocycles. The Balaban J connectivity index is 1.70. The summed E-state index contributed by atoms with van der Waals surface area (Å²) in [6, 6.07) is 4.08. The zero-order chi connectivity index (χ0) is 15.9. The summed E-state index contributed by atoms with van der Waals surface area (Å²) >= 11 is 5.71. The molecule has 1 saturated heterocycles. The van der Waals surface area contributed by atoms with Crippen LogP contribution in [0.25, 0.3) is 0 Å². The van der Waals surface area contributed by atoms with Gasteiger partial charge in [0.1, 0.15) is 5.82 Å². The van der Waals surface area contributed by atoms with Crippen LogP contribution in [0.2, 0.25) is 5.02 Å². The lowest BCUT2D eigenvalue weighted by Crippen LogP contribution is -2.62. The molecule has 1 spiro atoms. The standard InChI is InChI=1S/C16H19ClFNO3/c1-22-14-9-13(20)16(14)4-6-19(7-5-16)15(21)11-3-2-10(17)8-12(11)18/h2-3,8,13-14,20H,4-7,9H2,1H3/t13-,14+/m1/s1. The van der Waals surface area contributed by atoms with Crippen LogP contribution in [0.1, 0.15) is 29.6 Å². The smallest absolute Gasteiger partial charge is 0.256 e. The molecule has 22 heavy (non-hydrogen) atoms. The van der Waals surface area contributed by atoms with E-state index in [4.69, 9.17) is 16.3 Å². The summed E-state index contributed by atoms with van der Waals surface area (Å²) in [4.78, 5) is 14.1. The summed E-state index contributed by atoms with van der Waals surface area (Å²) in [5, 5.41) is 10.4. The van der Waals surface area contributed by atoms with E-state index in [9.17, 15) is 14.3 Å². The van der Waals surface area contributed by atoms with Gasteiger partial charge in [0.2, 0.25) is 0 Å². The number of hydrogen-bond acceptors (Lipinski definition) is 3. The lowest BCUT2D eigenvalue weighted by atomic mass is 9.58. The molecule has 120 valence electrons. The maximum Gasteiger partial charge on any atom is 0.256 e. The Bertz CT molecular complexity index is 587. The Kier molecular flexibility index (Phi) is 4.14. The lowest BCUT2D eigenvalue weighted by Gasteiger charge is -2.56. The van der Waals surface area contributed by atoms with Crippen LogP contribution in [-0.2, 0) is 4.74 Å². The van der Waals surface area contributed by atoms with Crippen molar-refractivity contribution in [1.29, 1.82) is 0 Å². The van der Waals surface area contributed by atoms with E-state index in [1.54, 1.807) is 12.0 Å². The van der Waals surface area contributed by atoms with Crippen molar-refractivity contribution >= 4 is 17.5 Å². The number of hydrogen-bond donors (Lipinski definition) is 1. The van der Waals surface area contributed by atoms with Gasteiger partial charge in [-0.05, 0) is 31.0 Å². The number of ether oxygens (including phenoxy) is 1. The fraction of sp³-hybridized carbons (Fsp3) is 0.562. The van der Waals surface area contributed by atoms with Gasteiger partial charge in [0.25, 0.3) is 5.91 Å². The molecule has 1 amide bonds. The first-order valence-corrected chi connectivity index (χ1v) is 7.81. The van der Waals surface area contributed by atoms with E-state index in [1.165, 1.54) is 12.1 Å². The van der Waals surface area contributed by atoms with Crippen LogP contribution in [-0.4, -0.2) is 48.3 Å². The molecule has 0 aromatic heterocycles. The average Bonchev–Trinajstić information content (AvgIpc) is 2.52. The van der Waals surface area contributed by atoms with E-state index in [2.05, 4.69) is 0 Å². The number of carbonyl (C=O) groups is 1. The van der Waals surface area contributed by atoms with Crippen LogP contribution in [0.3, 0.4) is 0 Å². The van der Waals surface area contributed by atoms with Gasteiger partial charge in [-0.2, -0.15) is 0 Å². The Morgan fingerprint density at radius 3 is 2.68 bits per heavy atom. The number of piperidine rings is 1. The molecule has 3 rings (SSSR count). The number of rotatable bonds is 2. The highest BCUT2D eigenvalue weighted by molar-refractivity contribution is 6.30. The second-order valence-corrected chi connectivity index (χ2v) is 6.56. The first kappa shape index (κ1) is 15.7. The van der Waals surface area contributed by atoms with E-state index in [0.717, 1.165) is 6.07 Å². The number of benzene rings is 1. The van der Waals surface area contributed by atoms with Gasteiger partial charge >= 0.3 is 0 Å². The van der Waals surface area contributed by atoms with Gasteiger partial charge in [-0.25, -0.2) is 4.39 Å². The topological polar surface area (TPSA) is 49.8 Å². The zero-order valence-corrected chi connectivity index (χ0v) is 13.1. The van der Waals surface area contributed by atoms with E-state index >= 15 is 0 Å². The predicted molar refractivity (Wildman–Crippen MR) is 80.4 cm³/mol. The number of likely N-dealkylation sites (tertiary alicyclic amines) is 1. The minimum atomic E-state index is -0.601. The van der Waals surface area contributed by atoms with Gasteiger partial charge in [-0.1, -0.05) is 11.6 Å². The largest absolute Gasteiger partial charge is 0.392 e. The van der Waals surface area contributed by atoms with Gasteiger partial charge in [0, 0.05) is 37.1 Å². The summed E-state index contributed by atoms with van der Waals surface area (Å²) in [5.74, 6) is -0.928. The molecule has 1 aliphatic heterocycles. The quantitative estimate of drug-likeness (QED) is 0.908. The molecule has 6 heteroatoms. The SMILES string of the molecule is CO[C@H]1C[C@@H](O)C12CCN(C(=O)c1ccc(Cl)cc1F)CC2. The Morgan fingerprint density at radius 2 is 2.14 bits per heavy atom. The second-order valence-electron chi connectivity index (χ2n) is 6.13. The third-order valence-electron chi connectivity index (χ3n) is 5.17. The summed E-state index contributed by atoms with van der Waals surface area (Å²) in [6.07, 6.45) is 1.67. The van der Waals surface area contributed by atoms with Gasteiger partial charge in [-0.15, -0.1) is 0 Å². The zero-order valence-electron chi connectivity index (χ0n) is 12.4. The Morgan fingerprint density at radius 1 is 1.45 bits per heavy atom. The molecule has 0 bridgehead atoms. The van der Waals surface area contributed by atoms with Crippen molar-refractivity contribution in [1.82, 2.24) is 4.90 Å². The normalized spacial score (nSPS) is 26.8. The number of methoxy groups -OCH3 is 1. The Hall–Kier alpha value is -1.17. The number of amides is 1. The van der Waals surface area contributed by atoms with Crippen molar-refractivity contribution in [3.63, 3.8) is 0 Å². The molecule has 4 nitrogen and oxygen atoms in total. The van der Waals surface area contributed by atoms with Crippen molar-refractivity contribution < 1.29 is 19.0 Å². The third kappa shape index (κ3) is 2.41. The van der Waals surface area contributed by atoms with Gasteiger partial charge in [0.15, 0.2) is 0 Å². The first-order valence-electron chi connectivity index (χ1n) is 7.43. The first-order chi connectivity index (χ1) is 10.5. The highest BCUT2D eigenvalue weighted by Gasteiger charge is 2.56. The van der Waals surface area contributed by atoms with E-state index in [0.29, 0.717) is 32.4 Å². The maximum absolute atomic E-state index is 13.9. The average molecular weight is 328 g/mol. The number of nitrogens with zero attached hydrogens (tertiary/aromatic N) is 1. The van der Waals surface area contributed by atoms with Crippen molar-refractivity contribution in [3.05, 3.63) is 34.6 Å². The van der Waals surface area contributed by atoms with Crippen LogP contribution < -0.4 is 0 Å². The highest BCUT2D eigenvalue weighted by Crippen LogP contribution is 2.50. The monoisotopic (exact) mass is 327 g/mol. The van der Waals surface area contributed by atoms with Crippen LogP contribution in [0.15, 0.2) is 18.2 Å². The predicted octanol–water partition coefficient (Wildman–Crippen LogP) is 2.48. The molecular weight excluding hydrogens is 309 g/mol. The molecule has 1 aromatic rings. The lowest BCUT2D eigenvalue weighted by molar-refractivity contribution is -0.199. The molecule has 1 N–H and O–H groups in total. The third-order valence-corrected chi connectivity index (χ3v) is 5.40. The van der Waals surface area contributed by atoms with E-state index in [1.807, 2.05) is 0 Å². The number of carbonyl (C=O) groups excluding carboxylic acids is 1. The number of aliphatic hydroxyl groups excluding tert-OH is 1. The molecule has 1 aromatic carbocycles. The van der Waals surface area contributed by atoms with Crippen molar-refractivity contribution in [2.75, 3.05) is 20.2 Å². The van der Waals surface area contributed by atoms with E-state index < -0.39 is 5.82 Å². The molecule has 0 unspecified atom stereocenters. The number of halogens is 2. The van der Waals surface area contributed by atoms with Gasteiger partial charge < -0.3 is 14.7 Å². The minimum absolute atomic E-state index is 0.0396. The van der Waals surface area contributed by atoms with Crippen LogP contribution in [0.5, 0.6) is 0 Å². The number of aliphatic hydroxyl groups is 1. The van der Waals surface area contributed by atoms with Crippen molar-refractivity contribution in [3.8, 4) is 0 Å². The molecule has 2 fully saturated rings. The summed E-state index contributed by atoms with van der Waals surface area (Å²) in [6.45, 7) is 0.996. The molecule has 2 aliphatic rings. The van der Waals surface area contributed by atoms with Crippen LogP contribution in [0, 0.1) is 11.2 Å². The van der Waals surface area contributed by atoms with Crippen LogP contribution in [0.4, 0.5) is 4.39 Å².